The number of carbonyl (C=O) groups excluding carboxylic acids is 3. The molecule has 1 aromatic rings. The summed E-state index contributed by atoms with van der Waals surface area (Å²) in [5.74, 6) is -0.500. The molecular weight excluding hydrogens is 242 g/mol. The van der Waals surface area contributed by atoms with E-state index in [1.807, 2.05) is 13.8 Å². The van der Waals surface area contributed by atoms with Crippen LogP contribution in [0.2, 0.25) is 0 Å². The average molecular weight is 257 g/mol. The third-order valence-electron chi connectivity index (χ3n) is 3.03. The first-order chi connectivity index (χ1) is 8.99. The molecule has 1 heterocycles. The van der Waals surface area contributed by atoms with Crippen LogP contribution in [0.25, 0.3) is 0 Å². The Labute approximate surface area is 111 Å². The second-order valence-electron chi connectivity index (χ2n) is 4.81. The van der Waals surface area contributed by atoms with Crippen LogP contribution in [0.1, 0.15) is 19.4 Å². The quantitative estimate of drug-likeness (QED) is 0.774. The SMILES string of the molecule is CC(C)C(=O)Cc1ccc(N2C(=O)C=CC2=O)cc1. The van der Waals surface area contributed by atoms with Crippen LogP contribution in [0.5, 0.6) is 0 Å². The van der Waals surface area contributed by atoms with Crippen molar-refractivity contribution in [3.8, 4) is 0 Å². The second-order valence-corrected chi connectivity index (χ2v) is 4.81. The van der Waals surface area contributed by atoms with Crippen LogP contribution in [-0.2, 0) is 20.8 Å². The van der Waals surface area contributed by atoms with Gasteiger partial charge in [0.15, 0.2) is 0 Å². The minimum atomic E-state index is -0.337. The zero-order chi connectivity index (χ0) is 14.0. The lowest BCUT2D eigenvalue weighted by molar-refractivity contribution is -0.121. The first-order valence-electron chi connectivity index (χ1n) is 6.17. The molecule has 0 radical (unpaired) electrons. The third kappa shape index (κ3) is 2.78. The zero-order valence-corrected chi connectivity index (χ0v) is 10.9. The highest BCUT2D eigenvalue weighted by Gasteiger charge is 2.24. The lowest BCUT2D eigenvalue weighted by Gasteiger charge is -2.14. The van der Waals surface area contributed by atoms with Crippen molar-refractivity contribution in [3.05, 3.63) is 42.0 Å². The Morgan fingerprint density at radius 1 is 1.05 bits per heavy atom. The zero-order valence-electron chi connectivity index (χ0n) is 10.9. The summed E-state index contributed by atoms with van der Waals surface area (Å²) in [5.41, 5.74) is 1.41. The fourth-order valence-electron chi connectivity index (χ4n) is 1.82. The summed E-state index contributed by atoms with van der Waals surface area (Å²) in [6, 6.07) is 6.92. The highest BCUT2D eigenvalue weighted by atomic mass is 16.2. The molecule has 0 spiro atoms. The van der Waals surface area contributed by atoms with Crippen molar-refractivity contribution < 1.29 is 14.4 Å². The number of Topliss-reactive ketones (excluding diaryl/α,β-unsaturated/α-hetero) is 1. The Morgan fingerprint density at radius 3 is 2.05 bits per heavy atom. The predicted molar refractivity (Wildman–Crippen MR) is 71.6 cm³/mol. The van der Waals surface area contributed by atoms with Gasteiger partial charge in [0.25, 0.3) is 11.8 Å². The molecule has 0 aliphatic carbocycles. The molecule has 0 atom stereocenters. The minimum absolute atomic E-state index is 0.00520. The Kier molecular flexibility index (Phi) is 3.60. The standard InChI is InChI=1S/C15H15NO3/c1-10(2)13(17)9-11-3-5-12(6-4-11)16-14(18)7-8-15(16)19/h3-8,10H,9H2,1-2H3. The van der Waals surface area contributed by atoms with Crippen LogP contribution in [0.15, 0.2) is 36.4 Å². The number of carbonyl (C=O) groups is 3. The lowest BCUT2D eigenvalue weighted by atomic mass is 10.0. The van der Waals surface area contributed by atoms with Crippen molar-refractivity contribution in [1.29, 1.82) is 0 Å². The van der Waals surface area contributed by atoms with Crippen LogP contribution in [-0.4, -0.2) is 17.6 Å². The van der Waals surface area contributed by atoms with Gasteiger partial charge in [-0.05, 0) is 17.7 Å². The smallest absolute Gasteiger partial charge is 0.258 e. The lowest BCUT2D eigenvalue weighted by Crippen LogP contribution is -2.29. The van der Waals surface area contributed by atoms with E-state index in [-0.39, 0.29) is 23.5 Å². The van der Waals surface area contributed by atoms with E-state index >= 15 is 0 Å². The first kappa shape index (κ1) is 13.2. The molecule has 0 fully saturated rings. The predicted octanol–water partition coefficient (Wildman–Crippen LogP) is 1.88. The molecule has 1 aliphatic heterocycles. The maximum atomic E-state index is 11.6. The molecule has 2 rings (SSSR count). The number of nitrogens with zero attached hydrogens (tertiary/aromatic N) is 1. The summed E-state index contributed by atoms with van der Waals surface area (Å²) in [7, 11) is 0. The minimum Gasteiger partial charge on any atom is -0.299 e. The van der Waals surface area contributed by atoms with E-state index < -0.39 is 0 Å². The molecule has 0 unspecified atom stereocenters. The van der Waals surface area contributed by atoms with Gasteiger partial charge in [-0.3, -0.25) is 14.4 Å². The molecule has 0 aromatic heterocycles. The molecule has 0 saturated carbocycles. The van der Waals surface area contributed by atoms with Crippen molar-refractivity contribution in [2.75, 3.05) is 4.90 Å². The van der Waals surface area contributed by atoms with E-state index in [0.29, 0.717) is 12.1 Å². The van der Waals surface area contributed by atoms with Gasteiger partial charge in [-0.2, -0.15) is 0 Å². The molecular formula is C15H15NO3. The largest absolute Gasteiger partial charge is 0.299 e. The number of ketones is 1. The van der Waals surface area contributed by atoms with Crippen molar-refractivity contribution in [1.82, 2.24) is 0 Å². The van der Waals surface area contributed by atoms with Gasteiger partial charge in [-0.25, -0.2) is 4.90 Å². The van der Waals surface area contributed by atoms with E-state index in [1.54, 1.807) is 24.3 Å². The van der Waals surface area contributed by atoms with Gasteiger partial charge < -0.3 is 0 Å². The van der Waals surface area contributed by atoms with Crippen LogP contribution in [0.3, 0.4) is 0 Å². The summed E-state index contributed by atoms with van der Waals surface area (Å²) in [4.78, 5) is 35.7. The number of hydrogen-bond acceptors (Lipinski definition) is 3. The Bertz CT molecular complexity index is 537. The fourth-order valence-corrected chi connectivity index (χ4v) is 1.82. The molecule has 2 amide bonds. The number of hydrogen-bond donors (Lipinski definition) is 0. The van der Waals surface area contributed by atoms with Crippen molar-refractivity contribution >= 4 is 23.3 Å². The normalized spacial score (nSPS) is 14.6. The number of anilines is 1. The highest BCUT2D eigenvalue weighted by Crippen LogP contribution is 2.20. The van der Waals surface area contributed by atoms with E-state index in [9.17, 15) is 14.4 Å². The topological polar surface area (TPSA) is 54.5 Å². The van der Waals surface area contributed by atoms with E-state index in [1.165, 1.54) is 12.2 Å². The molecule has 1 aromatic carbocycles. The van der Waals surface area contributed by atoms with Gasteiger partial charge in [0, 0.05) is 24.5 Å². The van der Waals surface area contributed by atoms with Gasteiger partial charge in [-0.15, -0.1) is 0 Å². The Balaban J connectivity index is 2.13. The molecule has 0 bridgehead atoms. The second kappa shape index (κ2) is 5.18. The monoisotopic (exact) mass is 257 g/mol. The van der Waals surface area contributed by atoms with Crippen molar-refractivity contribution in [3.63, 3.8) is 0 Å². The summed E-state index contributed by atoms with van der Waals surface area (Å²) >= 11 is 0. The molecule has 4 heteroatoms. The third-order valence-corrected chi connectivity index (χ3v) is 3.03. The van der Waals surface area contributed by atoms with Crippen LogP contribution >= 0.6 is 0 Å². The maximum absolute atomic E-state index is 11.6. The van der Waals surface area contributed by atoms with Gasteiger partial charge in [0.1, 0.15) is 5.78 Å². The molecule has 1 aliphatic rings. The van der Waals surface area contributed by atoms with E-state index in [4.69, 9.17) is 0 Å². The van der Waals surface area contributed by atoms with Crippen LogP contribution in [0.4, 0.5) is 5.69 Å². The van der Waals surface area contributed by atoms with E-state index in [2.05, 4.69) is 0 Å². The van der Waals surface area contributed by atoms with E-state index in [0.717, 1.165) is 10.5 Å². The summed E-state index contributed by atoms with van der Waals surface area (Å²) in [6.45, 7) is 3.73. The van der Waals surface area contributed by atoms with Gasteiger partial charge in [-0.1, -0.05) is 26.0 Å². The van der Waals surface area contributed by atoms with Gasteiger partial charge >= 0.3 is 0 Å². The molecule has 0 N–H and O–H groups in total. The Hall–Kier alpha value is -2.23. The Morgan fingerprint density at radius 2 is 1.58 bits per heavy atom. The van der Waals surface area contributed by atoms with Crippen LogP contribution < -0.4 is 4.90 Å². The molecule has 0 saturated heterocycles. The molecule has 4 nitrogen and oxygen atoms in total. The summed E-state index contributed by atoms with van der Waals surface area (Å²) in [5, 5.41) is 0. The number of imide groups is 1. The highest BCUT2D eigenvalue weighted by molar-refractivity contribution is 6.28. The summed E-state index contributed by atoms with van der Waals surface area (Å²) < 4.78 is 0. The first-order valence-corrected chi connectivity index (χ1v) is 6.17. The number of benzene rings is 1. The number of amides is 2. The van der Waals surface area contributed by atoms with Crippen LogP contribution in [0, 0.1) is 5.92 Å². The van der Waals surface area contributed by atoms with Gasteiger partial charge in [0.2, 0.25) is 0 Å². The van der Waals surface area contributed by atoms with Crippen molar-refractivity contribution in [2.45, 2.75) is 20.3 Å². The average Bonchev–Trinajstić information content (AvgIpc) is 2.70. The molecule has 19 heavy (non-hydrogen) atoms. The maximum Gasteiger partial charge on any atom is 0.258 e. The number of rotatable bonds is 4. The van der Waals surface area contributed by atoms with Gasteiger partial charge in [0.05, 0.1) is 5.69 Å². The fraction of sp³-hybridized carbons (Fsp3) is 0.267. The van der Waals surface area contributed by atoms with Crippen molar-refractivity contribution in [2.24, 2.45) is 5.92 Å². The molecule has 98 valence electrons. The summed E-state index contributed by atoms with van der Waals surface area (Å²) in [6.07, 6.45) is 2.87.